The van der Waals surface area contributed by atoms with Crippen LogP contribution in [0.25, 0.3) is 11.4 Å². The molecule has 0 fully saturated rings. The molecule has 0 saturated heterocycles. The van der Waals surface area contributed by atoms with E-state index in [-0.39, 0.29) is 6.03 Å². The maximum Gasteiger partial charge on any atom is 0.323 e. The molecule has 1 heterocycles. The summed E-state index contributed by atoms with van der Waals surface area (Å²) in [5, 5.41) is 9.93. The van der Waals surface area contributed by atoms with E-state index in [1.54, 1.807) is 36.4 Å². The Bertz CT molecular complexity index is 846. The number of benzene rings is 2. The van der Waals surface area contributed by atoms with Gasteiger partial charge in [-0.15, -0.1) is 0 Å². The van der Waals surface area contributed by atoms with Gasteiger partial charge in [0.2, 0.25) is 11.7 Å². The Hall–Kier alpha value is -2.86. The predicted molar refractivity (Wildman–Crippen MR) is 93.2 cm³/mol. The second-order valence-electron chi connectivity index (χ2n) is 5.03. The van der Waals surface area contributed by atoms with Crippen molar-refractivity contribution in [3.05, 3.63) is 59.4 Å². The van der Waals surface area contributed by atoms with Gasteiger partial charge in [-0.1, -0.05) is 29.7 Å². The Labute approximate surface area is 143 Å². The van der Waals surface area contributed by atoms with Crippen LogP contribution in [0.2, 0.25) is 5.02 Å². The minimum atomic E-state index is -0.349. The summed E-state index contributed by atoms with van der Waals surface area (Å²) in [6.45, 7) is 1.95. The van der Waals surface area contributed by atoms with Crippen LogP contribution in [0.4, 0.5) is 16.2 Å². The van der Waals surface area contributed by atoms with Gasteiger partial charge in [0.25, 0.3) is 0 Å². The van der Waals surface area contributed by atoms with Crippen molar-refractivity contribution >= 4 is 29.0 Å². The van der Waals surface area contributed by atoms with E-state index in [1.165, 1.54) is 0 Å². The van der Waals surface area contributed by atoms with Crippen LogP contribution in [0.15, 0.2) is 53.1 Å². The van der Waals surface area contributed by atoms with E-state index in [2.05, 4.69) is 20.8 Å². The Morgan fingerprint density at radius 3 is 2.54 bits per heavy atom. The molecule has 7 heteroatoms. The first-order chi connectivity index (χ1) is 11.6. The summed E-state index contributed by atoms with van der Waals surface area (Å²) >= 11 is 5.89. The van der Waals surface area contributed by atoms with Crippen LogP contribution >= 0.6 is 11.6 Å². The molecular weight excluding hydrogens is 328 g/mol. The van der Waals surface area contributed by atoms with Crippen molar-refractivity contribution in [1.82, 2.24) is 10.1 Å². The van der Waals surface area contributed by atoms with Crippen molar-refractivity contribution in [3.8, 4) is 11.4 Å². The molecule has 6 nitrogen and oxygen atoms in total. The standard InChI is InChI=1S/C17H15ClN4O2/c1-2-15-21-16(22-24-15)11-6-8-13(9-7-11)19-17(23)20-14-5-3-4-12(18)10-14/h3-10H,2H2,1H3,(H2,19,20,23). The number of nitrogens with one attached hydrogen (secondary N) is 2. The lowest BCUT2D eigenvalue weighted by atomic mass is 10.2. The smallest absolute Gasteiger partial charge is 0.323 e. The van der Waals surface area contributed by atoms with Gasteiger partial charge in [-0.05, 0) is 42.5 Å². The lowest BCUT2D eigenvalue weighted by molar-refractivity contribution is 0.262. The molecule has 0 radical (unpaired) electrons. The molecule has 0 saturated carbocycles. The molecule has 0 aliphatic heterocycles. The molecule has 2 amide bonds. The molecular formula is C17H15ClN4O2. The predicted octanol–water partition coefficient (Wildman–Crippen LogP) is 4.60. The minimum absolute atomic E-state index is 0.349. The summed E-state index contributed by atoms with van der Waals surface area (Å²) in [6.07, 6.45) is 0.691. The van der Waals surface area contributed by atoms with Gasteiger partial charge in [-0.3, -0.25) is 0 Å². The number of urea groups is 1. The molecule has 0 spiro atoms. The fourth-order valence-electron chi connectivity index (χ4n) is 2.08. The van der Waals surface area contributed by atoms with Gasteiger partial charge in [0.15, 0.2) is 0 Å². The van der Waals surface area contributed by atoms with Crippen molar-refractivity contribution in [3.63, 3.8) is 0 Å². The second-order valence-corrected chi connectivity index (χ2v) is 5.47. The number of hydrogen-bond donors (Lipinski definition) is 2. The molecule has 0 atom stereocenters. The average Bonchev–Trinajstić information content (AvgIpc) is 3.04. The summed E-state index contributed by atoms with van der Waals surface area (Å²) in [5.74, 6) is 1.12. The number of rotatable bonds is 4. The van der Waals surface area contributed by atoms with Gasteiger partial charge in [-0.2, -0.15) is 4.98 Å². The van der Waals surface area contributed by atoms with Gasteiger partial charge < -0.3 is 15.2 Å². The van der Waals surface area contributed by atoms with Crippen molar-refractivity contribution < 1.29 is 9.32 Å². The summed E-state index contributed by atoms with van der Waals surface area (Å²) in [7, 11) is 0. The normalized spacial score (nSPS) is 10.4. The molecule has 0 aliphatic rings. The lowest BCUT2D eigenvalue weighted by Crippen LogP contribution is -2.19. The molecule has 1 aromatic heterocycles. The van der Waals surface area contributed by atoms with Crippen LogP contribution in [-0.4, -0.2) is 16.2 Å². The molecule has 2 aromatic carbocycles. The molecule has 0 bridgehead atoms. The molecule has 3 aromatic rings. The van der Waals surface area contributed by atoms with E-state index in [0.717, 1.165) is 5.56 Å². The Morgan fingerprint density at radius 1 is 1.12 bits per heavy atom. The molecule has 2 N–H and O–H groups in total. The summed E-state index contributed by atoms with van der Waals surface area (Å²) in [5.41, 5.74) is 2.09. The number of nitrogens with zero attached hydrogens (tertiary/aromatic N) is 2. The lowest BCUT2D eigenvalue weighted by Gasteiger charge is -2.08. The minimum Gasteiger partial charge on any atom is -0.339 e. The number of anilines is 2. The first kappa shape index (κ1) is 16.0. The molecule has 122 valence electrons. The van der Waals surface area contributed by atoms with E-state index in [9.17, 15) is 4.79 Å². The number of carbonyl (C=O) groups is 1. The van der Waals surface area contributed by atoms with Gasteiger partial charge in [0, 0.05) is 28.4 Å². The number of aryl methyl sites for hydroxylation is 1. The third-order valence-electron chi connectivity index (χ3n) is 3.25. The SMILES string of the molecule is CCc1nc(-c2ccc(NC(=O)Nc3cccc(Cl)c3)cc2)no1. The van der Waals surface area contributed by atoms with Crippen LogP contribution < -0.4 is 10.6 Å². The number of hydrogen-bond acceptors (Lipinski definition) is 4. The summed E-state index contributed by atoms with van der Waals surface area (Å²) in [6, 6.07) is 13.8. The first-order valence-electron chi connectivity index (χ1n) is 7.40. The Balaban J connectivity index is 1.64. The van der Waals surface area contributed by atoms with E-state index < -0.39 is 0 Å². The van der Waals surface area contributed by atoms with Crippen LogP contribution in [0.3, 0.4) is 0 Å². The average molecular weight is 343 g/mol. The largest absolute Gasteiger partial charge is 0.339 e. The zero-order chi connectivity index (χ0) is 16.9. The zero-order valence-electron chi connectivity index (χ0n) is 12.9. The van der Waals surface area contributed by atoms with Crippen molar-refractivity contribution in [2.75, 3.05) is 10.6 Å². The van der Waals surface area contributed by atoms with E-state index in [0.29, 0.717) is 34.5 Å². The van der Waals surface area contributed by atoms with Crippen LogP contribution in [-0.2, 0) is 6.42 Å². The van der Waals surface area contributed by atoms with Crippen molar-refractivity contribution in [2.24, 2.45) is 0 Å². The van der Waals surface area contributed by atoms with Gasteiger partial charge >= 0.3 is 6.03 Å². The van der Waals surface area contributed by atoms with Gasteiger partial charge in [0.05, 0.1) is 0 Å². The highest BCUT2D eigenvalue weighted by Crippen LogP contribution is 2.19. The highest BCUT2D eigenvalue weighted by Gasteiger charge is 2.08. The first-order valence-corrected chi connectivity index (χ1v) is 7.78. The molecule has 0 aliphatic carbocycles. The van der Waals surface area contributed by atoms with E-state index >= 15 is 0 Å². The molecule has 0 unspecified atom stereocenters. The van der Waals surface area contributed by atoms with Crippen LogP contribution in [0, 0.1) is 0 Å². The maximum absolute atomic E-state index is 12.0. The second kappa shape index (κ2) is 7.14. The fraction of sp³-hybridized carbons (Fsp3) is 0.118. The summed E-state index contributed by atoms with van der Waals surface area (Å²) in [4.78, 5) is 16.2. The number of amides is 2. The van der Waals surface area contributed by atoms with Crippen molar-refractivity contribution in [1.29, 1.82) is 0 Å². The van der Waals surface area contributed by atoms with Gasteiger partial charge in [-0.25, -0.2) is 4.79 Å². The number of aromatic nitrogens is 2. The zero-order valence-corrected chi connectivity index (χ0v) is 13.7. The summed E-state index contributed by atoms with van der Waals surface area (Å²) < 4.78 is 5.09. The van der Waals surface area contributed by atoms with E-state index in [4.69, 9.17) is 16.1 Å². The highest BCUT2D eigenvalue weighted by molar-refractivity contribution is 6.30. The Kier molecular flexibility index (Phi) is 4.77. The molecule has 3 rings (SSSR count). The van der Waals surface area contributed by atoms with Gasteiger partial charge in [0.1, 0.15) is 0 Å². The Morgan fingerprint density at radius 2 is 1.88 bits per heavy atom. The third-order valence-corrected chi connectivity index (χ3v) is 3.49. The topological polar surface area (TPSA) is 80.0 Å². The third kappa shape index (κ3) is 3.91. The fourth-order valence-corrected chi connectivity index (χ4v) is 2.27. The monoisotopic (exact) mass is 342 g/mol. The number of carbonyl (C=O) groups excluding carboxylic acids is 1. The van der Waals surface area contributed by atoms with Crippen molar-refractivity contribution in [2.45, 2.75) is 13.3 Å². The number of halogens is 1. The quantitative estimate of drug-likeness (QED) is 0.726. The molecule has 24 heavy (non-hydrogen) atoms. The van der Waals surface area contributed by atoms with E-state index in [1.807, 2.05) is 19.1 Å². The van der Waals surface area contributed by atoms with Crippen LogP contribution in [0.1, 0.15) is 12.8 Å². The maximum atomic E-state index is 12.0. The van der Waals surface area contributed by atoms with Crippen LogP contribution in [0.5, 0.6) is 0 Å². The highest BCUT2D eigenvalue weighted by atomic mass is 35.5.